The maximum absolute atomic E-state index is 5.48. The summed E-state index contributed by atoms with van der Waals surface area (Å²) in [6, 6.07) is 0.678. The van der Waals surface area contributed by atoms with Crippen LogP contribution in [0.15, 0.2) is 0 Å². The third-order valence-electron chi connectivity index (χ3n) is 2.98. The first-order chi connectivity index (χ1) is 7.86. The molecule has 4 heteroatoms. The molecule has 0 aromatic carbocycles. The van der Waals surface area contributed by atoms with Crippen molar-refractivity contribution in [1.29, 1.82) is 0 Å². The van der Waals surface area contributed by atoms with E-state index in [0.29, 0.717) is 19.3 Å². The minimum Gasteiger partial charge on any atom is -0.382 e. The molecule has 1 atom stereocenters. The van der Waals surface area contributed by atoms with Gasteiger partial charge in [-0.15, -0.1) is 0 Å². The number of methoxy groups -OCH3 is 1. The summed E-state index contributed by atoms with van der Waals surface area (Å²) >= 11 is 0. The molecule has 1 N–H and O–H groups in total. The summed E-state index contributed by atoms with van der Waals surface area (Å²) in [6.45, 7) is 8.90. The van der Waals surface area contributed by atoms with Gasteiger partial charge in [0.05, 0.1) is 19.8 Å². The Morgan fingerprint density at radius 1 is 1.31 bits per heavy atom. The van der Waals surface area contributed by atoms with Crippen molar-refractivity contribution in [2.24, 2.45) is 0 Å². The van der Waals surface area contributed by atoms with Crippen molar-refractivity contribution in [1.82, 2.24) is 10.2 Å². The Balaban J connectivity index is 2.02. The van der Waals surface area contributed by atoms with Crippen LogP contribution in [0.3, 0.4) is 0 Å². The van der Waals surface area contributed by atoms with Crippen LogP contribution in [0.1, 0.15) is 19.8 Å². The van der Waals surface area contributed by atoms with Crippen LogP contribution in [0.5, 0.6) is 0 Å². The number of likely N-dealkylation sites (N-methyl/N-ethyl adjacent to an activating group) is 1. The average Bonchev–Trinajstić information content (AvgIpc) is 2.30. The lowest BCUT2D eigenvalue weighted by molar-refractivity contribution is 0.0516. The van der Waals surface area contributed by atoms with E-state index in [9.17, 15) is 0 Å². The molecule has 1 saturated heterocycles. The highest BCUT2D eigenvalue weighted by Gasteiger charge is 2.18. The van der Waals surface area contributed by atoms with Gasteiger partial charge in [-0.25, -0.2) is 0 Å². The number of hydrogen-bond acceptors (Lipinski definition) is 4. The van der Waals surface area contributed by atoms with E-state index in [1.54, 1.807) is 7.11 Å². The number of piperidine rings is 1. The van der Waals surface area contributed by atoms with E-state index in [2.05, 4.69) is 17.1 Å². The molecule has 0 aliphatic carbocycles. The second-order valence-electron chi connectivity index (χ2n) is 4.30. The van der Waals surface area contributed by atoms with Gasteiger partial charge in [-0.3, -0.25) is 4.90 Å². The van der Waals surface area contributed by atoms with Gasteiger partial charge < -0.3 is 14.8 Å². The normalized spacial score (nSPS) is 22.5. The summed E-state index contributed by atoms with van der Waals surface area (Å²) in [6.07, 6.45) is 2.62. The van der Waals surface area contributed by atoms with E-state index in [0.717, 1.165) is 19.7 Å². The fourth-order valence-corrected chi connectivity index (χ4v) is 2.15. The summed E-state index contributed by atoms with van der Waals surface area (Å²) in [4.78, 5) is 2.49. The third kappa shape index (κ3) is 5.80. The van der Waals surface area contributed by atoms with Gasteiger partial charge in [0, 0.05) is 26.2 Å². The minimum atomic E-state index is 0.678. The Kier molecular flexibility index (Phi) is 7.76. The first-order valence-electron chi connectivity index (χ1n) is 6.39. The zero-order valence-corrected chi connectivity index (χ0v) is 10.7. The molecule has 1 rings (SSSR count). The molecule has 0 spiro atoms. The quantitative estimate of drug-likeness (QED) is 0.623. The standard InChI is InChI=1S/C12H26N2O2/c1-3-13-12-5-4-6-14(11-12)7-8-16-10-9-15-2/h12-13H,3-11H2,1-2H3. The lowest BCUT2D eigenvalue weighted by Gasteiger charge is -2.32. The van der Waals surface area contributed by atoms with Gasteiger partial charge in [-0.2, -0.15) is 0 Å². The molecule has 1 heterocycles. The molecule has 1 aliphatic heterocycles. The molecule has 0 aromatic heterocycles. The molecule has 1 fully saturated rings. The second-order valence-corrected chi connectivity index (χ2v) is 4.30. The van der Waals surface area contributed by atoms with E-state index < -0.39 is 0 Å². The Hall–Kier alpha value is -0.160. The molecule has 1 aliphatic rings. The van der Waals surface area contributed by atoms with E-state index in [1.807, 2.05) is 0 Å². The molecule has 0 aromatic rings. The summed E-state index contributed by atoms with van der Waals surface area (Å²) in [5.41, 5.74) is 0. The zero-order chi connectivity index (χ0) is 11.6. The van der Waals surface area contributed by atoms with Crippen LogP contribution in [-0.4, -0.2) is 64.1 Å². The van der Waals surface area contributed by atoms with Crippen molar-refractivity contribution in [2.75, 3.05) is 53.1 Å². The molecule has 4 nitrogen and oxygen atoms in total. The van der Waals surface area contributed by atoms with Gasteiger partial charge in [0.25, 0.3) is 0 Å². The van der Waals surface area contributed by atoms with Gasteiger partial charge in [0.2, 0.25) is 0 Å². The topological polar surface area (TPSA) is 33.7 Å². The Labute approximate surface area is 99.3 Å². The smallest absolute Gasteiger partial charge is 0.0700 e. The first-order valence-corrected chi connectivity index (χ1v) is 6.39. The number of nitrogens with one attached hydrogen (secondary N) is 1. The fraction of sp³-hybridized carbons (Fsp3) is 1.00. The lowest BCUT2D eigenvalue weighted by atomic mass is 10.1. The van der Waals surface area contributed by atoms with E-state index in [4.69, 9.17) is 9.47 Å². The highest BCUT2D eigenvalue weighted by molar-refractivity contribution is 4.77. The van der Waals surface area contributed by atoms with E-state index in [-0.39, 0.29) is 0 Å². The van der Waals surface area contributed by atoms with Crippen LogP contribution in [0, 0.1) is 0 Å². The number of hydrogen-bond donors (Lipinski definition) is 1. The maximum atomic E-state index is 5.48. The van der Waals surface area contributed by atoms with Gasteiger partial charge in [0.1, 0.15) is 0 Å². The number of likely N-dealkylation sites (tertiary alicyclic amines) is 1. The maximum Gasteiger partial charge on any atom is 0.0700 e. The molecule has 96 valence electrons. The highest BCUT2D eigenvalue weighted by Crippen LogP contribution is 2.09. The Morgan fingerprint density at radius 2 is 2.19 bits per heavy atom. The van der Waals surface area contributed by atoms with Crippen LogP contribution >= 0.6 is 0 Å². The molecule has 0 radical (unpaired) electrons. The number of rotatable bonds is 8. The van der Waals surface area contributed by atoms with Crippen LogP contribution < -0.4 is 5.32 Å². The van der Waals surface area contributed by atoms with Gasteiger partial charge in [0.15, 0.2) is 0 Å². The Morgan fingerprint density at radius 3 is 2.94 bits per heavy atom. The average molecular weight is 230 g/mol. The second kappa shape index (κ2) is 8.93. The van der Waals surface area contributed by atoms with E-state index in [1.165, 1.54) is 25.9 Å². The lowest BCUT2D eigenvalue weighted by Crippen LogP contribution is -2.46. The van der Waals surface area contributed by atoms with Crippen molar-refractivity contribution in [2.45, 2.75) is 25.8 Å². The minimum absolute atomic E-state index is 0.678. The predicted molar refractivity (Wildman–Crippen MR) is 65.8 cm³/mol. The van der Waals surface area contributed by atoms with Gasteiger partial charge in [-0.1, -0.05) is 6.92 Å². The van der Waals surface area contributed by atoms with Crippen LogP contribution in [0.2, 0.25) is 0 Å². The molecule has 16 heavy (non-hydrogen) atoms. The molecular formula is C12H26N2O2. The van der Waals surface area contributed by atoms with Crippen molar-refractivity contribution in [3.8, 4) is 0 Å². The van der Waals surface area contributed by atoms with Crippen LogP contribution in [0.25, 0.3) is 0 Å². The predicted octanol–water partition coefficient (Wildman–Crippen LogP) is 0.723. The highest BCUT2D eigenvalue weighted by atomic mass is 16.5. The van der Waals surface area contributed by atoms with Crippen molar-refractivity contribution < 1.29 is 9.47 Å². The summed E-state index contributed by atoms with van der Waals surface area (Å²) in [5.74, 6) is 0. The fourth-order valence-electron chi connectivity index (χ4n) is 2.15. The van der Waals surface area contributed by atoms with Crippen molar-refractivity contribution in [3.05, 3.63) is 0 Å². The SMILES string of the molecule is CCNC1CCCN(CCOCCOC)C1. The van der Waals surface area contributed by atoms with Crippen LogP contribution in [0.4, 0.5) is 0 Å². The summed E-state index contributed by atoms with van der Waals surface area (Å²) < 4.78 is 10.4. The van der Waals surface area contributed by atoms with Crippen molar-refractivity contribution >= 4 is 0 Å². The Bertz CT molecular complexity index is 165. The molecule has 0 bridgehead atoms. The zero-order valence-electron chi connectivity index (χ0n) is 10.7. The van der Waals surface area contributed by atoms with Crippen LogP contribution in [-0.2, 0) is 9.47 Å². The first kappa shape index (κ1) is 13.9. The number of ether oxygens (including phenoxy) is 2. The number of nitrogens with zero attached hydrogens (tertiary/aromatic N) is 1. The molecule has 0 amide bonds. The molecular weight excluding hydrogens is 204 g/mol. The summed E-state index contributed by atoms with van der Waals surface area (Å²) in [7, 11) is 1.70. The van der Waals surface area contributed by atoms with Gasteiger partial charge >= 0.3 is 0 Å². The monoisotopic (exact) mass is 230 g/mol. The summed E-state index contributed by atoms with van der Waals surface area (Å²) in [5, 5.41) is 3.52. The van der Waals surface area contributed by atoms with E-state index >= 15 is 0 Å². The molecule has 0 saturated carbocycles. The molecule has 1 unspecified atom stereocenters. The third-order valence-corrected chi connectivity index (χ3v) is 2.98. The largest absolute Gasteiger partial charge is 0.382 e. The van der Waals surface area contributed by atoms with Gasteiger partial charge in [-0.05, 0) is 25.9 Å². The van der Waals surface area contributed by atoms with Crippen molar-refractivity contribution in [3.63, 3.8) is 0 Å².